The summed E-state index contributed by atoms with van der Waals surface area (Å²) in [7, 11) is 0. The largest absolute Gasteiger partial charge is 0.277 e. The maximum Gasteiger partial charge on any atom is 0.277 e. The Balaban J connectivity index is 0.000000853. The molecule has 0 fully saturated rings. The van der Waals surface area contributed by atoms with E-state index in [0.717, 1.165) is 16.3 Å². The SMILES string of the molecule is Cl.O=C1N=Cc2cccc3cccc1c23. The van der Waals surface area contributed by atoms with Crippen LogP contribution in [-0.2, 0) is 0 Å². The van der Waals surface area contributed by atoms with Crippen molar-refractivity contribution in [2.24, 2.45) is 4.99 Å². The molecule has 74 valence electrons. The first-order valence-electron chi connectivity index (χ1n) is 4.46. The summed E-state index contributed by atoms with van der Waals surface area (Å²) in [6.07, 6.45) is 1.64. The summed E-state index contributed by atoms with van der Waals surface area (Å²) < 4.78 is 0. The predicted molar refractivity (Wildman–Crippen MR) is 63.1 cm³/mol. The summed E-state index contributed by atoms with van der Waals surface area (Å²) in [5.74, 6) is -0.144. The van der Waals surface area contributed by atoms with Crippen molar-refractivity contribution in [1.82, 2.24) is 0 Å². The fourth-order valence-electron chi connectivity index (χ4n) is 1.85. The van der Waals surface area contributed by atoms with E-state index in [1.165, 1.54) is 0 Å². The molecular weight excluding hydrogens is 210 g/mol. The van der Waals surface area contributed by atoms with Gasteiger partial charge in [0.1, 0.15) is 0 Å². The maximum atomic E-state index is 11.5. The van der Waals surface area contributed by atoms with Gasteiger partial charge in [-0.25, -0.2) is 4.99 Å². The molecule has 0 radical (unpaired) electrons. The fraction of sp³-hybridized carbons (Fsp3) is 0. The van der Waals surface area contributed by atoms with Crippen LogP contribution < -0.4 is 0 Å². The van der Waals surface area contributed by atoms with Gasteiger partial charge in [0.2, 0.25) is 0 Å². The molecule has 3 heteroatoms. The first-order valence-corrected chi connectivity index (χ1v) is 4.46. The minimum atomic E-state index is -0.144. The molecule has 1 heterocycles. The van der Waals surface area contributed by atoms with Gasteiger partial charge in [-0.2, -0.15) is 0 Å². The number of carbonyl (C=O) groups is 1. The molecule has 3 rings (SSSR count). The van der Waals surface area contributed by atoms with E-state index in [0.29, 0.717) is 5.56 Å². The number of carbonyl (C=O) groups excluding carboxylic acids is 1. The van der Waals surface area contributed by atoms with Gasteiger partial charge in [-0.1, -0.05) is 30.3 Å². The Morgan fingerprint density at radius 3 is 2.53 bits per heavy atom. The average molecular weight is 218 g/mol. The van der Waals surface area contributed by atoms with Crippen molar-refractivity contribution in [3.8, 4) is 0 Å². The summed E-state index contributed by atoms with van der Waals surface area (Å²) in [6.45, 7) is 0. The first kappa shape index (κ1) is 9.87. The summed E-state index contributed by atoms with van der Waals surface area (Å²) in [5.41, 5.74) is 1.73. The van der Waals surface area contributed by atoms with E-state index in [1.807, 2.05) is 36.4 Å². The molecule has 0 spiro atoms. The van der Waals surface area contributed by atoms with Crippen molar-refractivity contribution in [3.05, 3.63) is 47.5 Å². The molecule has 2 aromatic carbocycles. The predicted octanol–water partition coefficient (Wildman–Crippen LogP) is 2.83. The van der Waals surface area contributed by atoms with Gasteiger partial charge in [0.15, 0.2) is 0 Å². The average Bonchev–Trinajstić information content (AvgIpc) is 2.24. The standard InChI is InChI=1S/C12H7NO.ClH/c14-12-10-6-2-4-8-3-1-5-9(7-13-12)11(8)10;/h1-7H;1H. The first-order chi connectivity index (χ1) is 6.86. The Hall–Kier alpha value is -1.67. The highest BCUT2D eigenvalue weighted by molar-refractivity contribution is 6.19. The molecule has 0 unspecified atom stereocenters. The summed E-state index contributed by atoms with van der Waals surface area (Å²) in [6, 6.07) is 11.7. The van der Waals surface area contributed by atoms with Gasteiger partial charge in [0, 0.05) is 17.2 Å². The molecule has 0 atom stereocenters. The zero-order chi connectivity index (χ0) is 9.54. The molecule has 0 saturated carbocycles. The molecule has 1 aliphatic rings. The Morgan fingerprint density at radius 2 is 1.73 bits per heavy atom. The smallest absolute Gasteiger partial charge is 0.267 e. The lowest BCUT2D eigenvalue weighted by atomic mass is 9.98. The van der Waals surface area contributed by atoms with Crippen LogP contribution in [0.15, 0.2) is 41.4 Å². The van der Waals surface area contributed by atoms with E-state index < -0.39 is 0 Å². The molecule has 15 heavy (non-hydrogen) atoms. The number of hydrogen-bond donors (Lipinski definition) is 0. The van der Waals surface area contributed by atoms with Crippen LogP contribution in [0.3, 0.4) is 0 Å². The van der Waals surface area contributed by atoms with E-state index in [1.54, 1.807) is 6.21 Å². The van der Waals surface area contributed by atoms with Crippen molar-refractivity contribution in [2.45, 2.75) is 0 Å². The number of benzene rings is 2. The molecule has 2 nitrogen and oxygen atoms in total. The Labute approximate surface area is 93.0 Å². The van der Waals surface area contributed by atoms with Gasteiger partial charge in [-0.3, -0.25) is 4.79 Å². The van der Waals surface area contributed by atoms with Crippen LogP contribution in [0.1, 0.15) is 15.9 Å². The highest BCUT2D eigenvalue weighted by Gasteiger charge is 2.14. The van der Waals surface area contributed by atoms with E-state index in [-0.39, 0.29) is 18.3 Å². The van der Waals surface area contributed by atoms with Gasteiger partial charge >= 0.3 is 0 Å². The molecule has 0 N–H and O–H groups in total. The Bertz CT molecular complexity index is 570. The molecule has 0 aliphatic carbocycles. The summed E-state index contributed by atoms with van der Waals surface area (Å²) >= 11 is 0. The van der Waals surface area contributed by atoms with Gasteiger partial charge in [0.25, 0.3) is 5.91 Å². The summed E-state index contributed by atoms with van der Waals surface area (Å²) in [4.78, 5) is 15.3. The normalized spacial score (nSPS) is 12.7. The van der Waals surface area contributed by atoms with Crippen molar-refractivity contribution in [2.75, 3.05) is 0 Å². The van der Waals surface area contributed by atoms with Gasteiger partial charge < -0.3 is 0 Å². The fourth-order valence-corrected chi connectivity index (χ4v) is 1.85. The van der Waals surface area contributed by atoms with Crippen molar-refractivity contribution >= 4 is 35.3 Å². The van der Waals surface area contributed by atoms with E-state index in [9.17, 15) is 4.79 Å². The second-order valence-electron chi connectivity index (χ2n) is 3.31. The van der Waals surface area contributed by atoms with Crippen LogP contribution in [0.25, 0.3) is 10.8 Å². The van der Waals surface area contributed by atoms with E-state index >= 15 is 0 Å². The van der Waals surface area contributed by atoms with Crippen LogP contribution in [0.2, 0.25) is 0 Å². The molecule has 2 aromatic rings. The molecule has 0 bridgehead atoms. The quantitative estimate of drug-likeness (QED) is 0.667. The second kappa shape index (κ2) is 3.48. The lowest BCUT2D eigenvalue weighted by molar-refractivity contribution is 0.100. The highest BCUT2D eigenvalue weighted by atomic mass is 35.5. The Kier molecular flexibility index (Phi) is 2.29. The zero-order valence-corrected chi connectivity index (χ0v) is 8.62. The lowest BCUT2D eigenvalue weighted by Gasteiger charge is -2.09. The van der Waals surface area contributed by atoms with Gasteiger partial charge in [-0.15, -0.1) is 12.4 Å². The third-order valence-electron chi connectivity index (χ3n) is 2.49. The van der Waals surface area contributed by atoms with Crippen molar-refractivity contribution in [3.63, 3.8) is 0 Å². The number of aliphatic imine (C=N–C) groups is 1. The number of rotatable bonds is 0. The van der Waals surface area contributed by atoms with Gasteiger partial charge in [-0.05, 0) is 11.5 Å². The van der Waals surface area contributed by atoms with Crippen LogP contribution in [-0.4, -0.2) is 12.1 Å². The summed E-state index contributed by atoms with van der Waals surface area (Å²) in [5, 5.41) is 2.12. The van der Waals surface area contributed by atoms with Crippen LogP contribution in [0, 0.1) is 0 Å². The molecule has 1 amide bonds. The number of nitrogens with zero attached hydrogens (tertiary/aromatic N) is 1. The third kappa shape index (κ3) is 1.34. The molecule has 0 aromatic heterocycles. The van der Waals surface area contributed by atoms with Crippen LogP contribution in [0.4, 0.5) is 0 Å². The lowest BCUT2D eigenvalue weighted by Crippen LogP contribution is -2.04. The van der Waals surface area contributed by atoms with E-state index in [4.69, 9.17) is 0 Å². The molecule has 0 saturated heterocycles. The number of amides is 1. The molecule has 1 aliphatic heterocycles. The van der Waals surface area contributed by atoms with Crippen LogP contribution in [0.5, 0.6) is 0 Å². The minimum absolute atomic E-state index is 0. The zero-order valence-electron chi connectivity index (χ0n) is 7.81. The van der Waals surface area contributed by atoms with Crippen LogP contribution >= 0.6 is 12.4 Å². The number of hydrogen-bond acceptors (Lipinski definition) is 1. The Morgan fingerprint density at radius 1 is 1.00 bits per heavy atom. The highest BCUT2D eigenvalue weighted by Crippen LogP contribution is 2.25. The van der Waals surface area contributed by atoms with Gasteiger partial charge in [0.05, 0.1) is 5.56 Å². The minimum Gasteiger partial charge on any atom is -0.267 e. The second-order valence-corrected chi connectivity index (χ2v) is 3.31. The number of halogens is 1. The monoisotopic (exact) mass is 217 g/mol. The molecular formula is C12H8ClNO. The van der Waals surface area contributed by atoms with Crippen molar-refractivity contribution < 1.29 is 4.79 Å². The topological polar surface area (TPSA) is 29.4 Å². The van der Waals surface area contributed by atoms with Crippen molar-refractivity contribution in [1.29, 1.82) is 0 Å². The third-order valence-corrected chi connectivity index (χ3v) is 2.49. The maximum absolute atomic E-state index is 11.5. The van der Waals surface area contributed by atoms with E-state index in [2.05, 4.69) is 4.99 Å².